The third-order valence-electron chi connectivity index (χ3n) is 1.92. The Morgan fingerprint density at radius 3 is 2.93 bits per heavy atom. The largest absolute Gasteiger partial charge is 0.468 e. The zero-order chi connectivity index (χ0) is 11.1. The van der Waals surface area contributed by atoms with E-state index in [-0.39, 0.29) is 5.97 Å². The number of methoxy groups -OCH3 is 1. The third-order valence-corrected chi connectivity index (χ3v) is 1.92. The Kier molecular flexibility index (Phi) is 4.34. The molecule has 0 aliphatic carbocycles. The summed E-state index contributed by atoms with van der Waals surface area (Å²) in [7, 11) is 1.34. The van der Waals surface area contributed by atoms with E-state index < -0.39 is 0 Å². The van der Waals surface area contributed by atoms with Crippen molar-refractivity contribution in [3.8, 4) is 0 Å². The molecule has 0 saturated carbocycles. The van der Waals surface area contributed by atoms with Gasteiger partial charge in [0.2, 0.25) is 0 Å². The second-order valence-corrected chi connectivity index (χ2v) is 2.91. The molecule has 4 nitrogen and oxygen atoms in total. The molecule has 1 rings (SSSR count). The summed E-state index contributed by atoms with van der Waals surface area (Å²) < 4.78 is 9.16. The third kappa shape index (κ3) is 3.42. The van der Waals surface area contributed by atoms with E-state index in [1.165, 1.54) is 7.11 Å². The minimum atomic E-state index is -0.367. The minimum Gasteiger partial charge on any atom is -0.468 e. The molecule has 0 bridgehead atoms. The van der Waals surface area contributed by atoms with Gasteiger partial charge in [-0.2, -0.15) is 0 Å². The SMILES string of the molecule is COC(=O)c1cccc(CCOC=O)c1. The van der Waals surface area contributed by atoms with Gasteiger partial charge in [-0.1, -0.05) is 12.1 Å². The second-order valence-electron chi connectivity index (χ2n) is 2.91. The van der Waals surface area contributed by atoms with Crippen molar-refractivity contribution in [1.82, 2.24) is 0 Å². The molecular formula is C11H12O4. The Balaban J connectivity index is 2.65. The average molecular weight is 208 g/mol. The molecule has 0 amide bonds. The quantitative estimate of drug-likeness (QED) is 0.414. The highest BCUT2D eigenvalue weighted by Crippen LogP contribution is 2.07. The zero-order valence-electron chi connectivity index (χ0n) is 8.43. The van der Waals surface area contributed by atoms with Crippen LogP contribution in [0.4, 0.5) is 0 Å². The summed E-state index contributed by atoms with van der Waals surface area (Å²) in [5, 5.41) is 0. The molecule has 0 spiro atoms. The second kappa shape index (κ2) is 5.80. The van der Waals surface area contributed by atoms with E-state index >= 15 is 0 Å². The van der Waals surface area contributed by atoms with Gasteiger partial charge in [0.1, 0.15) is 0 Å². The Hall–Kier alpha value is -1.84. The van der Waals surface area contributed by atoms with Gasteiger partial charge in [-0.15, -0.1) is 0 Å². The molecule has 0 saturated heterocycles. The van der Waals surface area contributed by atoms with Gasteiger partial charge in [0.25, 0.3) is 6.47 Å². The Bertz CT molecular complexity index is 346. The molecule has 1 aromatic rings. The van der Waals surface area contributed by atoms with Crippen molar-refractivity contribution in [3.05, 3.63) is 35.4 Å². The first-order valence-electron chi connectivity index (χ1n) is 4.50. The zero-order valence-corrected chi connectivity index (χ0v) is 8.43. The predicted octanol–water partition coefficient (Wildman–Crippen LogP) is 1.19. The van der Waals surface area contributed by atoms with E-state index in [0.717, 1.165) is 5.56 Å². The molecule has 0 radical (unpaired) electrons. The molecule has 0 aliphatic rings. The molecule has 0 N–H and O–H groups in total. The lowest BCUT2D eigenvalue weighted by atomic mass is 10.1. The van der Waals surface area contributed by atoms with Crippen LogP contribution in [0.5, 0.6) is 0 Å². The molecule has 0 aromatic heterocycles. The molecule has 15 heavy (non-hydrogen) atoms. The fourth-order valence-corrected chi connectivity index (χ4v) is 1.20. The van der Waals surface area contributed by atoms with E-state index in [1.54, 1.807) is 18.2 Å². The number of hydrogen-bond acceptors (Lipinski definition) is 4. The van der Waals surface area contributed by atoms with Crippen LogP contribution < -0.4 is 0 Å². The van der Waals surface area contributed by atoms with Crippen molar-refractivity contribution in [3.63, 3.8) is 0 Å². The lowest BCUT2D eigenvalue weighted by Crippen LogP contribution is -2.03. The monoisotopic (exact) mass is 208 g/mol. The molecular weight excluding hydrogens is 196 g/mol. The van der Waals surface area contributed by atoms with Crippen molar-refractivity contribution >= 4 is 12.4 Å². The molecule has 1 aromatic carbocycles. The number of carbonyl (C=O) groups excluding carboxylic acids is 2. The van der Waals surface area contributed by atoms with Crippen LogP contribution in [-0.4, -0.2) is 26.2 Å². The van der Waals surface area contributed by atoms with Gasteiger partial charge in [0.15, 0.2) is 0 Å². The summed E-state index contributed by atoms with van der Waals surface area (Å²) >= 11 is 0. The van der Waals surface area contributed by atoms with Crippen LogP contribution in [0, 0.1) is 0 Å². The summed E-state index contributed by atoms with van der Waals surface area (Å²) in [5.41, 5.74) is 1.43. The molecule has 0 unspecified atom stereocenters. The number of esters is 1. The number of rotatable bonds is 5. The van der Waals surface area contributed by atoms with Crippen molar-refractivity contribution < 1.29 is 19.1 Å². The first-order chi connectivity index (χ1) is 7.27. The molecule has 80 valence electrons. The fraction of sp³-hybridized carbons (Fsp3) is 0.273. The highest BCUT2D eigenvalue weighted by Gasteiger charge is 2.05. The predicted molar refractivity (Wildman–Crippen MR) is 53.5 cm³/mol. The smallest absolute Gasteiger partial charge is 0.337 e. The average Bonchev–Trinajstić information content (AvgIpc) is 2.29. The van der Waals surface area contributed by atoms with Gasteiger partial charge in [0, 0.05) is 6.42 Å². The maximum absolute atomic E-state index is 11.2. The lowest BCUT2D eigenvalue weighted by Gasteiger charge is -2.03. The van der Waals surface area contributed by atoms with Gasteiger partial charge in [0.05, 0.1) is 19.3 Å². The number of hydrogen-bond donors (Lipinski definition) is 0. The summed E-state index contributed by atoms with van der Waals surface area (Å²) in [4.78, 5) is 21.1. The normalized spacial score (nSPS) is 9.40. The van der Waals surface area contributed by atoms with Gasteiger partial charge >= 0.3 is 5.97 Å². The van der Waals surface area contributed by atoms with Crippen molar-refractivity contribution in [2.24, 2.45) is 0 Å². The summed E-state index contributed by atoms with van der Waals surface area (Å²) in [6.07, 6.45) is 0.587. The van der Waals surface area contributed by atoms with Gasteiger partial charge in [-0.05, 0) is 17.7 Å². The Morgan fingerprint density at radius 1 is 1.47 bits per heavy atom. The van der Waals surface area contributed by atoms with Crippen LogP contribution in [-0.2, 0) is 20.7 Å². The van der Waals surface area contributed by atoms with Crippen LogP contribution in [0.1, 0.15) is 15.9 Å². The molecule has 4 heteroatoms. The first kappa shape index (κ1) is 11.2. The van der Waals surface area contributed by atoms with Crippen LogP contribution in [0.15, 0.2) is 24.3 Å². The van der Waals surface area contributed by atoms with Crippen LogP contribution in [0.3, 0.4) is 0 Å². The van der Waals surface area contributed by atoms with Gasteiger partial charge < -0.3 is 9.47 Å². The van der Waals surface area contributed by atoms with Crippen LogP contribution in [0.2, 0.25) is 0 Å². The topological polar surface area (TPSA) is 52.6 Å². The standard InChI is InChI=1S/C11H12O4/c1-14-11(13)10-4-2-3-9(7-10)5-6-15-8-12/h2-4,7-8H,5-6H2,1H3. The highest BCUT2D eigenvalue weighted by molar-refractivity contribution is 5.89. The van der Waals surface area contributed by atoms with Gasteiger partial charge in [-0.3, -0.25) is 4.79 Å². The summed E-state index contributed by atoms with van der Waals surface area (Å²) in [6, 6.07) is 7.03. The number of carbonyl (C=O) groups is 2. The Labute approximate surface area is 87.8 Å². The van der Waals surface area contributed by atoms with E-state index in [4.69, 9.17) is 0 Å². The number of ether oxygens (including phenoxy) is 2. The van der Waals surface area contributed by atoms with Crippen LogP contribution >= 0.6 is 0 Å². The van der Waals surface area contributed by atoms with Gasteiger partial charge in [-0.25, -0.2) is 4.79 Å². The van der Waals surface area contributed by atoms with E-state index in [1.807, 2.05) is 6.07 Å². The van der Waals surface area contributed by atoms with Crippen molar-refractivity contribution in [2.45, 2.75) is 6.42 Å². The maximum atomic E-state index is 11.2. The number of benzene rings is 1. The summed E-state index contributed by atoms with van der Waals surface area (Å²) in [5.74, 6) is -0.367. The lowest BCUT2D eigenvalue weighted by molar-refractivity contribution is -0.128. The van der Waals surface area contributed by atoms with E-state index in [0.29, 0.717) is 25.1 Å². The highest BCUT2D eigenvalue weighted by atomic mass is 16.5. The van der Waals surface area contributed by atoms with Crippen molar-refractivity contribution in [2.75, 3.05) is 13.7 Å². The van der Waals surface area contributed by atoms with Crippen LogP contribution in [0.25, 0.3) is 0 Å². The van der Waals surface area contributed by atoms with E-state index in [9.17, 15) is 9.59 Å². The van der Waals surface area contributed by atoms with E-state index in [2.05, 4.69) is 9.47 Å². The first-order valence-corrected chi connectivity index (χ1v) is 4.50. The maximum Gasteiger partial charge on any atom is 0.337 e. The fourth-order valence-electron chi connectivity index (χ4n) is 1.20. The van der Waals surface area contributed by atoms with Crippen molar-refractivity contribution in [1.29, 1.82) is 0 Å². The molecule has 0 fully saturated rings. The molecule has 0 heterocycles. The minimum absolute atomic E-state index is 0.314. The molecule has 0 aliphatic heterocycles. The Morgan fingerprint density at radius 2 is 2.27 bits per heavy atom. The molecule has 0 atom stereocenters. The summed E-state index contributed by atoms with van der Waals surface area (Å²) in [6.45, 7) is 0.721.